The number of hydrogen-bond acceptors (Lipinski definition) is 5. The van der Waals surface area contributed by atoms with Crippen molar-refractivity contribution in [2.45, 2.75) is 58.6 Å². The number of rotatable bonds is 6. The molecule has 6 heteroatoms. The van der Waals surface area contributed by atoms with E-state index in [9.17, 15) is 4.79 Å². The van der Waals surface area contributed by atoms with Gasteiger partial charge < -0.3 is 9.64 Å². The number of carbonyl (C=O) groups excluding carboxylic acids is 1. The fourth-order valence-electron chi connectivity index (χ4n) is 4.38. The molecule has 2 aliphatic rings. The minimum atomic E-state index is 0.216. The van der Waals surface area contributed by atoms with Crippen LogP contribution in [0.2, 0.25) is 0 Å². The minimum absolute atomic E-state index is 0.216. The van der Waals surface area contributed by atoms with Gasteiger partial charge in [-0.15, -0.1) is 11.3 Å². The van der Waals surface area contributed by atoms with E-state index in [1.54, 1.807) is 11.3 Å². The Hall–Kier alpha value is -1.92. The van der Waals surface area contributed by atoms with E-state index in [0.717, 1.165) is 62.0 Å². The van der Waals surface area contributed by atoms with Gasteiger partial charge in [-0.05, 0) is 57.8 Å². The molecule has 0 N–H and O–H groups in total. The highest BCUT2D eigenvalue weighted by Gasteiger charge is 2.29. The van der Waals surface area contributed by atoms with E-state index in [4.69, 9.17) is 9.72 Å². The van der Waals surface area contributed by atoms with Gasteiger partial charge >= 0.3 is 0 Å². The van der Waals surface area contributed by atoms with Gasteiger partial charge in [-0.3, -0.25) is 9.69 Å². The van der Waals surface area contributed by atoms with E-state index < -0.39 is 0 Å². The third-order valence-electron chi connectivity index (χ3n) is 6.22. The van der Waals surface area contributed by atoms with Crippen LogP contribution >= 0.6 is 11.3 Å². The number of aromatic nitrogens is 1. The van der Waals surface area contributed by atoms with Crippen molar-refractivity contribution in [1.29, 1.82) is 0 Å². The lowest BCUT2D eigenvalue weighted by molar-refractivity contribution is -0.137. The molecule has 162 valence electrons. The van der Waals surface area contributed by atoms with Crippen LogP contribution in [0.1, 0.15) is 54.8 Å². The molecule has 0 spiro atoms. The van der Waals surface area contributed by atoms with Crippen molar-refractivity contribution in [2.24, 2.45) is 5.92 Å². The zero-order valence-corrected chi connectivity index (χ0v) is 18.8. The Morgan fingerprint density at radius 1 is 1.07 bits per heavy atom. The predicted octanol–water partition coefficient (Wildman–Crippen LogP) is 4.65. The highest BCUT2D eigenvalue weighted by atomic mass is 32.1. The molecule has 0 bridgehead atoms. The summed E-state index contributed by atoms with van der Waals surface area (Å²) >= 11 is 1.66. The van der Waals surface area contributed by atoms with Crippen LogP contribution in [0.15, 0.2) is 29.6 Å². The summed E-state index contributed by atoms with van der Waals surface area (Å²) in [7, 11) is 0. The molecule has 5 nitrogen and oxygen atoms in total. The van der Waals surface area contributed by atoms with Crippen molar-refractivity contribution < 1.29 is 9.53 Å². The average Bonchev–Trinajstić information content (AvgIpc) is 3.04. The monoisotopic (exact) mass is 427 g/mol. The van der Waals surface area contributed by atoms with Gasteiger partial charge in [0, 0.05) is 30.9 Å². The third-order valence-corrected chi connectivity index (χ3v) is 7.09. The van der Waals surface area contributed by atoms with Crippen LogP contribution in [-0.4, -0.2) is 46.9 Å². The Morgan fingerprint density at radius 3 is 2.47 bits per heavy atom. The van der Waals surface area contributed by atoms with Gasteiger partial charge in [0.2, 0.25) is 5.91 Å². The van der Waals surface area contributed by atoms with Gasteiger partial charge in [0.05, 0.1) is 5.69 Å². The summed E-state index contributed by atoms with van der Waals surface area (Å²) in [5.74, 6) is 1.50. The largest absolute Gasteiger partial charge is 0.486 e. The van der Waals surface area contributed by atoms with Crippen LogP contribution in [0.5, 0.6) is 5.75 Å². The third kappa shape index (κ3) is 5.82. The van der Waals surface area contributed by atoms with Gasteiger partial charge in [-0.2, -0.15) is 0 Å². The number of nitrogens with zero attached hydrogens (tertiary/aromatic N) is 3. The number of carbonyl (C=O) groups is 1. The number of likely N-dealkylation sites (tertiary alicyclic amines) is 2. The minimum Gasteiger partial charge on any atom is -0.486 e. The SMILES string of the molecule is Cc1ccc(OCc2nc(CN3CCC(C(=O)N4CCCCCC4)CC3)cs2)cc1. The molecule has 1 aromatic carbocycles. The van der Waals surface area contributed by atoms with Crippen molar-refractivity contribution in [3.63, 3.8) is 0 Å². The Bertz CT molecular complexity index is 804. The van der Waals surface area contributed by atoms with E-state index >= 15 is 0 Å². The summed E-state index contributed by atoms with van der Waals surface area (Å²) in [5, 5.41) is 3.15. The Labute approximate surface area is 184 Å². The lowest BCUT2D eigenvalue weighted by atomic mass is 9.95. The number of hydrogen-bond donors (Lipinski definition) is 0. The summed E-state index contributed by atoms with van der Waals surface area (Å²) in [4.78, 5) is 22.2. The molecule has 2 aromatic rings. The van der Waals surface area contributed by atoms with Crippen molar-refractivity contribution in [2.75, 3.05) is 26.2 Å². The average molecular weight is 428 g/mol. The molecular formula is C24H33N3O2S. The van der Waals surface area contributed by atoms with Crippen LogP contribution in [0.4, 0.5) is 0 Å². The zero-order chi connectivity index (χ0) is 20.8. The first-order valence-electron chi connectivity index (χ1n) is 11.3. The number of aryl methyl sites for hydroxylation is 1. The number of benzene rings is 1. The highest BCUT2D eigenvalue weighted by Crippen LogP contribution is 2.23. The van der Waals surface area contributed by atoms with Crippen LogP contribution in [0.3, 0.4) is 0 Å². The van der Waals surface area contributed by atoms with Crippen molar-refractivity contribution in [3.8, 4) is 5.75 Å². The van der Waals surface area contributed by atoms with Gasteiger partial charge in [0.1, 0.15) is 17.4 Å². The molecule has 1 aromatic heterocycles. The highest BCUT2D eigenvalue weighted by molar-refractivity contribution is 7.09. The van der Waals surface area contributed by atoms with E-state index in [1.807, 2.05) is 12.1 Å². The fourth-order valence-corrected chi connectivity index (χ4v) is 5.08. The van der Waals surface area contributed by atoms with Gasteiger partial charge in [-0.25, -0.2) is 4.98 Å². The maximum Gasteiger partial charge on any atom is 0.225 e. The smallest absolute Gasteiger partial charge is 0.225 e. The lowest BCUT2D eigenvalue weighted by Gasteiger charge is -2.33. The summed E-state index contributed by atoms with van der Waals surface area (Å²) in [6, 6.07) is 8.12. The molecule has 4 rings (SSSR count). The second-order valence-electron chi connectivity index (χ2n) is 8.62. The van der Waals surface area contributed by atoms with E-state index in [2.05, 4.69) is 34.2 Å². The molecule has 30 heavy (non-hydrogen) atoms. The number of thiazole rings is 1. The molecule has 0 unspecified atom stereocenters. The molecular weight excluding hydrogens is 394 g/mol. The maximum absolute atomic E-state index is 12.9. The van der Waals surface area contributed by atoms with Crippen molar-refractivity contribution in [3.05, 3.63) is 45.9 Å². The van der Waals surface area contributed by atoms with Crippen molar-refractivity contribution >= 4 is 17.2 Å². The molecule has 0 atom stereocenters. The quantitative estimate of drug-likeness (QED) is 0.673. The first-order valence-corrected chi connectivity index (χ1v) is 12.2. The normalized spacial score (nSPS) is 18.9. The van der Waals surface area contributed by atoms with Crippen LogP contribution < -0.4 is 4.74 Å². The lowest BCUT2D eigenvalue weighted by Crippen LogP contribution is -2.42. The molecule has 0 saturated carbocycles. The molecule has 0 aliphatic carbocycles. The van der Waals surface area contributed by atoms with Crippen molar-refractivity contribution in [1.82, 2.24) is 14.8 Å². The Morgan fingerprint density at radius 2 is 1.77 bits per heavy atom. The molecule has 1 amide bonds. The summed E-state index contributed by atoms with van der Waals surface area (Å²) in [5.41, 5.74) is 2.34. The Balaban J connectivity index is 1.21. The van der Waals surface area contributed by atoms with Gasteiger partial charge in [0.25, 0.3) is 0 Å². The number of amides is 1. The first kappa shape index (κ1) is 21.3. The summed E-state index contributed by atoms with van der Waals surface area (Å²) in [6.07, 6.45) is 6.84. The van der Waals surface area contributed by atoms with E-state index in [0.29, 0.717) is 12.5 Å². The fraction of sp³-hybridized carbons (Fsp3) is 0.583. The number of piperidine rings is 1. The van der Waals surface area contributed by atoms with E-state index in [1.165, 1.54) is 31.2 Å². The van der Waals surface area contributed by atoms with Crippen LogP contribution in [0.25, 0.3) is 0 Å². The second-order valence-corrected chi connectivity index (χ2v) is 9.57. The first-order chi connectivity index (χ1) is 14.7. The molecule has 2 saturated heterocycles. The van der Waals surface area contributed by atoms with Gasteiger partial charge in [0.15, 0.2) is 0 Å². The summed E-state index contributed by atoms with van der Waals surface area (Å²) in [6.45, 7) is 7.35. The number of ether oxygens (including phenoxy) is 1. The molecule has 2 fully saturated rings. The topological polar surface area (TPSA) is 45.7 Å². The van der Waals surface area contributed by atoms with E-state index in [-0.39, 0.29) is 5.92 Å². The Kier molecular flexibility index (Phi) is 7.39. The maximum atomic E-state index is 12.9. The molecule has 3 heterocycles. The molecule has 0 radical (unpaired) electrons. The summed E-state index contributed by atoms with van der Waals surface area (Å²) < 4.78 is 5.85. The second kappa shape index (κ2) is 10.4. The predicted molar refractivity (Wildman–Crippen MR) is 121 cm³/mol. The molecule has 2 aliphatic heterocycles. The standard InChI is InChI=1S/C24H33N3O2S/c1-19-6-8-22(9-7-19)29-17-23-25-21(18-30-23)16-26-14-10-20(11-15-26)24(28)27-12-4-2-3-5-13-27/h6-9,18,20H,2-5,10-17H2,1H3. The zero-order valence-electron chi connectivity index (χ0n) is 18.0. The van der Waals surface area contributed by atoms with Crippen LogP contribution in [0, 0.1) is 12.8 Å². The van der Waals surface area contributed by atoms with Crippen LogP contribution in [-0.2, 0) is 17.9 Å². The van der Waals surface area contributed by atoms with Gasteiger partial charge in [-0.1, -0.05) is 30.5 Å².